The number of amides is 1. The first kappa shape index (κ1) is 9.04. The molecule has 0 aliphatic rings. The summed E-state index contributed by atoms with van der Waals surface area (Å²) >= 11 is 1.77. The fraction of sp³-hybridized carbons (Fsp3) is 0. The second kappa shape index (κ2) is 3.13. The van der Waals surface area contributed by atoms with Crippen LogP contribution in [0.3, 0.4) is 0 Å². The van der Waals surface area contributed by atoms with Crippen LogP contribution in [0.5, 0.6) is 11.8 Å². The Balaban J connectivity index is 3.33. The molecule has 0 aliphatic carbocycles. The van der Waals surface area contributed by atoms with Crippen molar-refractivity contribution in [1.29, 1.82) is 0 Å². The lowest BCUT2D eigenvalue weighted by molar-refractivity contribution is 0.0997. The first-order chi connectivity index (χ1) is 5.52. The standard InChI is InChI=1S/C6H5IN2O3/c7-3-1-2(4(8)10)5(11)9-6(3)12/h1H,(H2,8,10)(H2,9,11,12). The highest BCUT2D eigenvalue weighted by Crippen LogP contribution is 2.23. The van der Waals surface area contributed by atoms with Gasteiger partial charge in [-0.2, -0.15) is 4.98 Å². The number of aromatic hydroxyl groups is 2. The molecule has 0 aliphatic heterocycles. The molecule has 1 aromatic rings. The molecule has 0 spiro atoms. The van der Waals surface area contributed by atoms with E-state index in [1.165, 1.54) is 6.07 Å². The van der Waals surface area contributed by atoms with Gasteiger partial charge in [-0.3, -0.25) is 4.79 Å². The topological polar surface area (TPSA) is 96.4 Å². The van der Waals surface area contributed by atoms with Gasteiger partial charge in [0.2, 0.25) is 11.8 Å². The van der Waals surface area contributed by atoms with Crippen LogP contribution in [0, 0.1) is 3.57 Å². The summed E-state index contributed by atoms with van der Waals surface area (Å²) in [5.74, 6) is -1.66. The van der Waals surface area contributed by atoms with Crippen molar-refractivity contribution < 1.29 is 15.0 Å². The monoisotopic (exact) mass is 280 g/mol. The molecule has 6 heteroatoms. The summed E-state index contributed by atoms with van der Waals surface area (Å²) < 4.78 is 0.360. The van der Waals surface area contributed by atoms with E-state index < -0.39 is 11.8 Å². The molecule has 4 N–H and O–H groups in total. The number of primary amides is 1. The SMILES string of the molecule is NC(=O)c1cc(I)c(O)nc1O. The quantitative estimate of drug-likeness (QED) is 0.640. The third kappa shape index (κ3) is 1.58. The van der Waals surface area contributed by atoms with Gasteiger partial charge in [0.25, 0.3) is 5.91 Å². The molecule has 12 heavy (non-hydrogen) atoms. The Hall–Kier alpha value is -1.05. The van der Waals surface area contributed by atoms with Gasteiger partial charge in [0.05, 0.1) is 3.57 Å². The summed E-state index contributed by atoms with van der Waals surface area (Å²) in [4.78, 5) is 13.9. The minimum Gasteiger partial charge on any atom is -0.493 e. The van der Waals surface area contributed by atoms with Gasteiger partial charge in [-0.15, -0.1) is 0 Å². The molecule has 0 saturated heterocycles. The maximum atomic E-state index is 10.6. The van der Waals surface area contributed by atoms with Crippen molar-refractivity contribution in [2.75, 3.05) is 0 Å². The lowest BCUT2D eigenvalue weighted by Crippen LogP contribution is -2.11. The molecule has 1 heterocycles. The minimum atomic E-state index is -0.780. The zero-order chi connectivity index (χ0) is 9.30. The molecule has 0 fully saturated rings. The maximum absolute atomic E-state index is 10.6. The van der Waals surface area contributed by atoms with Gasteiger partial charge in [0.15, 0.2) is 0 Å². The van der Waals surface area contributed by atoms with E-state index >= 15 is 0 Å². The van der Waals surface area contributed by atoms with Gasteiger partial charge in [0, 0.05) is 0 Å². The van der Waals surface area contributed by atoms with Crippen molar-refractivity contribution in [2.24, 2.45) is 5.73 Å². The summed E-state index contributed by atoms with van der Waals surface area (Å²) in [6, 6.07) is 1.26. The summed E-state index contributed by atoms with van der Waals surface area (Å²) in [6.07, 6.45) is 0. The second-order valence-corrected chi connectivity index (χ2v) is 3.19. The van der Waals surface area contributed by atoms with Gasteiger partial charge in [0.1, 0.15) is 5.56 Å². The number of halogens is 1. The van der Waals surface area contributed by atoms with E-state index in [2.05, 4.69) is 4.98 Å². The highest BCUT2D eigenvalue weighted by atomic mass is 127. The fourth-order valence-corrected chi connectivity index (χ4v) is 1.08. The van der Waals surface area contributed by atoms with Crippen LogP contribution in [-0.4, -0.2) is 21.1 Å². The Labute approximate surface area is 81.4 Å². The van der Waals surface area contributed by atoms with E-state index in [1.807, 2.05) is 0 Å². The van der Waals surface area contributed by atoms with E-state index in [0.717, 1.165) is 0 Å². The van der Waals surface area contributed by atoms with Crippen molar-refractivity contribution in [1.82, 2.24) is 4.98 Å². The Morgan fingerprint density at radius 2 is 2.08 bits per heavy atom. The largest absolute Gasteiger partial charge is 0.493 e. The molecule has 5 nitrogen and oxygen atoms in total. The van der Waals surface area contributed by atoms with Crippen molar-refractivity contribution in [3.63, 3.8) is 0 Å². The zero-order valence-corrected chi connectivity index (χ0v) is 7.94. The van der Waals surface area contributed by atoms with Crippen LogP contribution < -0.4 is 5.73 Å². The average molecular weight is 280 g/mol. The molecular formula is C6H5IN2O3. The number of hydrogen-bond donors (Lipinski definition) is 3. The Bertz CT molecular complexity index is 340. The van der Waals surface area contributed by atoms with Crippen LogP contribution in [0.1, 0.15) is 10.4 Å². The number of nitrogens with two attached hydrogens (primary N) is 1. The van der Waals surface area contributed by atoms with Gasteiger partial charge in [-0.25, -0.2) is 0 Å². The number of carbonyl (C=O) groups is 1. The predicted octanol–water partition coefficient (Wildman–Crippen LogP) is 0.196. The molecule has 1 amide bonds. The molecule has 1 rings (SSSR count). The summed E-state index contributed by atoms with van der Waals surface area (Å²) in [5, 5.41) is 18.0. The lowest BCUT2D eigenvalue weighted by atomic mass is 10.2. The second-order valence-electron chi connectivity index (χ2n) is 2.03. The van der Waals surface area contributed by atoms with E-state index in [9.17, 15) is 4.79 Å². The summed E-state index contributed by atoms with van der Waals surface area (Å²) in [5.41, 5.74) is 4.81. The minimum absolute atomic E-state index is 0.0998. The first-order valence-corrected chi connectivity index (χ1v) is 3.98. The van der Waals surface area contributed by atoms with Crippen LogP contribution in [0.2, 0.25) is 0 Å². The molecule has 0 bridgehead atoms. The summed E-state index contributed by atoms with van der Waals surface area (Å²) in [6.45, 7) is 0. The van der Waals surface area contributed by atoms with Gasteiger partial charge in [-0.1, -0.05) is 0 Å². The zero-order valence-electron chi connectivity index (χ0n) is 5.78. The number of nitrogens with zero attached hydrogens (tertiary/aromatic N) is 1. The molecule has 1 aromatic heterocycles. The Morgan fingerprint density at radius 3 is 2.58 bits per heavy atom. The average Bonchev–Trinajstić information content (AvgIpc) is 1.96. The molecule has 0 radical (unpaired) electrons. The molecule has 0 saturated carbocycles. The molecule has 64 valence electrons. The Morgan fingerprint density at radius 1 is 1.50 bits per heavy atom. The predicted molar refractivity (Wildman–Crippen MR) is 48.8 cm³/mol. The lowest BCUT2D eigenvalue weighted by Gasteiger charge is -2.00. The normalized spacial score (nSPS) is 9.75. The van der Waals surface area contributed by atoms with E-state index in [1.54, 1.807) is 22.6 Å². The third-order valence-corrected chi connectivity index (χ3v) is 2.00. The van der Waals surface area contributed by atoms with Gasteiger partial charge >= 0.3 is 0 Å². The first-order valence-electron chi connectivity index (χ1n) is 2.90. The van der Waals surface area contributed by atoms with Crippen LogP contribution in [0.25, 0.3) is 0 Å². The van der Waals surface area contributed by atoms with E-state index in [-0.39, 0.29) is 11.4 Å². The summed E-state index contributed by atoms with van der Waals surface area (Å²) in [7, 11) is 0. The van der Waals surface area contributed by atoms with Crippen molar-refractivity contribution in [2.45, 2.75) is 0 Å². The number of aromatic nitrogens is 1. The van der Waals surface area contributed by atoms with Gasteiger partial charge < -0.3 is 15.9 Å². The van der Waals surface area contributed by atoms with Crippen molar-refractivity contribution in [3.8, 4) is 11.8 Å². The number of hydrogen-bond acceptors (Lipinski definition) is 4. The molecule has 0 atom stereocenters. The van der Waals surface area contributed by atoms with Gasteiger partial charge in [-0.05, 0) is 28.7 Å². The maximum Gasteiger partial charge on any atom is 0.254 e. The Kier molecular flexibility index (Phi) is 2.36. The highest BCUT2D eigenvalue weighted by Gasteiger charge is 2.12. The van der Waals surface area contributed by atoms with E-state index in [0.29, 0.717) is 3.57 Å². The molecule has 0 unspecified atom stereocenters. The smallest absolute Gasteiger partial charge is 0.254 e. The van der Waals surface area contributed by atoms with Crippen LogP contribution in [-0.2, 0) is 0 Å². The number of pyridine rings is 1. The highest BCUT2D eigenvalue weighted by molar-refractivity contribution is 14.1. The van der Waals surface area contributed by atoms with Crippen LogP contribution in [0.15, 0.2) is 6.07 Å². The third-order valence-electron chi connectivity index (χ3n) is 1.20. The molecule has 0 aromatic carbocycles. The fourth-order valence-electron chi connectivity index (χ4n) is 0.651. The van der Waals surface area contributed by atoms with Crippen LogP contribution >= 0.6 is 22.6 Å². The van der Waals surface area contributed by atoms with E-state index in [4.69, 9.17) is 15.9 Å². The molecular weight excluding hydrogens is 275 g/mol. The van der Waals surface area contributed by atoms with Crippen LogP contribution in [0.4, 0.5) is 0 Å². The van der Waals surface area contributed by atoms with Crippen molar-refractivity contribution >= 4 is 28.5 Å². The number of carbonyl (C=O) groups excluding carboxylic acids is 1. The van der Waals surface area contributed by atoms with Crippen molar-refractivity contribution in [3.05, 3.63) is 15.2 Å². The number of rotatable bonds is 1.